The summed E-state index contributed by atoms with van der Waals surface area (Å²) in [6.07, 6.45) is 1.88. The summed E-state index contributed by atoms with van der Waals surface area (Å²) in [4.78, 5) is 11.8. The zero-order valence-electron chi connectivity index (χ0n) is 13.3. The first-order valence-corrected chi connectivity index (χ1v) is 7.61. The van der Waals surface area contributed by atoms with Crippen LogP contribution in [-0.4, -0.2) is 30.3 Å². The highest BCUT2D eigenvalue weighted by atomic mass is 16.5. The lowest BCUT2D eigenvalue weighted by molar-refractivity contribution is -0.122. The Morgan fingerprint density at radius 2 is 1.95 bits per heavy atom. The van der Waals surface area contributed by atoms with Crippen LogP contribution in [0, 0.1) is 12.8 Å². The smallest absolute Gasteiger partial charge is 0.220 e. The maximum absolute atomic E-state index is 11.8. The van der Waals surface area contributed by atoms with E-state index in [-0.39, 0.29) is 18.6 Å². The largest absolute Gasteiger partial charge is 0.494 e. The van der Waals surface area contributed by atoms with Gasteiger partial charge in [-0.25, -0.2) is 0 Å². The van der Waals surface area contributed by atoms with Crippen molar-refractivity contribution in [3.05, 3.63) is 29.8 Å². The van der Waals surface area contributed by atoms with E-state index in [4.69, 9.17) is 4.74 Å². The van der Waals surface area contributed by atoms with Crippen LogP contribution in [0.5, 0.6) is 5.75 Å². The van der Waals surface area contributed by atoms with Crippen LogP contribution in [0.1, 0.15) is 38.7 Å². The lowest BCUT2D eigenvalue weighted by Gasteiger charge is -2.18. The molecule has 0 aliphatic heterocycles. The highest BCUT2D eigenvalue weighted by Gasteiger charge is 2.12. The fraction of sp³-hybridized carbons (Fsp3) is 0.588. The number of aryl methyl sites for hydroxylation is 1. The third kappa shape index (κ3) is 7.71. The number of carbonyl (C=O) groups excluding carboxylic acids is 1. The van der Waals surface area contributed by atoms with Crippen LogP contribution < -0.4 is 10.1 Å². The molecule has 0 bridgehead atoms. The number of nitrogens with one attached hydrogen (secondary N) is 1. The Morgan fingerprint density at radius 3 is 2.52 bits per heavy atom. The van der Waals surface area contributed by atoms with Gasteiger partial charge >= 0.3 is 0 Å². The number of hydrogen-bond donors (Lipinski definition) is 2. The first kappa shape index (κ1) is 17.5. The molecular formula is C17H27NO3. The summed E-state index contributed by atoms with van der Waals surface area (Å²) in [5.41, 5.74) is 1.20. The number of ether oxygens (including phenoxy) is 1. The molecule has 0 aliphatic carbocycles. The van der Waals surface area contributed by atoms with Gasteiger partial charge in [0.05, 0.1) is 19.3 Å². The van der Waals surface area contributed by atoms with Crippen molar-refractivity contribution in [2.24, 2.45) is 5.92 Å². The lowest BCUT2D eigenvalue weighted by Crippen LogP contribution is -2.38. The van der Waals surface area contributed by atoms with E-state index in [1.165, 1.54) is 5.56 Å². The standard InChI is InChI=1S/C17H27NO3/c1-13(2)11-15(12-19)18-17(20)5-4-10-21-16-8-6-14(3)7-9-16/h6-9,13,15,19H,4-5,10-12H2,1-3H3,(H,18,20). The maximum Gasteiger partial charge on any atom is 0.220 e. The topological polar surface area (TPSA) is 58.6 Å². The quantitative estimate of drug-likeness (QED) is 0.688. The maximum atomic E-state index is 11.8. The molecule has 118 valence electrons. The third-order valence-electron chi connectivity index (χ3n) is 3.18. The van der Waals surface area contributed by atoms with Crippen LogP contribution in [0.4, 0.5) is 0 Å². The molecule has 0 fully saturated rings. The summed E-state index contributed by atoms with van der Waals surface area (Å²) >= 11 is 0. The van der Waals surface area contributed by atoms with Crippen LogP contribution in [0.25, 0.3) is 0 Å². The molecule has 0 radical (unpaired) electrons. The molecule has 21 heavy (non-hydrogen) atoms. The first-order chi connectivity index (χ1) is 10.0. The molecule has 0 saturated carbocycles. The number of aliphatic hydroxyl groups excluding tert-OH is 1. The summed E-state index contributed by atoms with van der Waals surface area (Å²) < 4.78 is 5.58. The lowest BCUT2D eigenvalue weighted by atomic mass is 10.0. The molecule has 1 aromatic carbocycles. The van der Waals surface area contributed by atoms with Crippen LogP contribution >= 0.6 is 0 Å². The van der Waals surface area contributed by atoms with Gasteiger partial charge < -0.3 is 15.2 Å². The van der Waals surface area contributed by atoms with Crippen molar-refractivity contribution in [1.29, 1.82) is 0 Å². The van der Waals surface area contributed by atoms with E-state index in [2.05, 4.69) is 19.2 Å². The molecule has 2 N–H and O–H groups in total. The van der Waals surface area contributed by atoms with E-state index >= 15 is 0 Å². The van der Waals surface area contributed by atoms with E-state index in [0.29, 0.717) is 25.4 Å². The van der Waals surface area contributed by atoms with Crippen molar-refractivity contribution in [2.45, 2.75) is 46.1 Å². The zero-order chi connectivity index (χ0) is 15.7. The number of amides is 1. The van der Waals surface area contributed by atoms with Crippen LogP contribution in [-0.2, 0) is 4.79 Å². The average Bonchev–Trinajstić information content (AvgIpc) is 2.44. The summed E-state index contributed by atoms with van der Waals surface area (Å²) in [5.74, 6) is 1.25. The Morgan fingerprint density at radius 1 is 1.29 bits per heavy atom. The summed E-state index contributed by atoms with van der Waals surface area (Å²) in [7, 11) is 0. The Kier molecular flexibility index (Phi) is 7.83. The molecule has 0 aromatic heterocycles. The molecular weight excluding hydrogens is 266 g/mol. The minimum Gasteiger partial charge on any atom is -0.494 e. The van der Waals surface area contributed by atoms with Crippen molar-refractivity contribution >= 4 is 5.91 Å². The van der Waals surface area contributed by atoms with E-state index in [1.54, 1.807) is 0 Å². The number of benzene rings is 1. The van der Waals surface area contributed by atoms with Gasteiger partial charge in [-0.05, 0) is 37.8 Å². The number of aliphatic hydroxyl groups is 1. The fourth-order valence-electron chi connectivity index (χ4n) is 2.11. The molecule has 1 atom stereocenters. The molecule has 1 unspecified atom stereocenters. The van der Waals surface area contributed by atoms with Gasteiger partial charge in [-0.3, -0.25) is 4.79 Å². The number of hydrogen-bond acceptors (Lipinski definition) is 3. The molecule has 4 nitrogen and oxygen atoms in total. The van der Waals surface area contributed by atoms with E-state index in [0.717, 1.165) is 12.2 Å². The van der Waals surface area contributed by atoms with Gasteiger partial charge in [0.15, 0.2) is 0 Å². The summed E-state index contributed by atoms with van der Waals surface area (Å²) in [6, 6.07) is 7.72. The Bertz CT molecular complexity index is 415. The monoisotopic (exact) mass is 293 g/mol. The first-order valence-electron chi connectivity index (χ1n) is 7.61. The molecule has 0 spiro atoms. The van der Waals surface area contributed by atoms with Crippen molar-refractivity contribution in [3.63, 3.8) is 0 Å². The Balaban J connectivity index is 2.19. The van der Waals surface area contributed by atoms with Gasteiger partial charge in [-0.15, -0.1) is 0 Å². The van der Waals surface area contributed by atoms with Crippen LogP contribution in [0.2, 0.25) is 0 Å². The second-order valence-corrected chi connectivity index (χ2v) is 5.84. The van der Waals surface area contributed by atoms with Crippen LogP contribution in [0.15, 0.2) is 24.3 Å². The zero-order valence-corrected chi connectivity index (χ0v) is 13.3. The highest BCUT2D eigenvalue weighted by molar-refractivity contribution is 5.76. The molecule has 0 saturated heterocycles. The minimum absolute atomic E-state index is 0.0101. The van der Waals surface area contributed by atoms with E-state index < -0.39 is 0 Å². The second kappa shape index (κ2) is 9.40. The van der Waals surface area contributed by atoms with Crippen LogP contribution in [0.3, 0.4) is 0 Å². The average molecular weight is 293 g/mol. The highest BCUT2D eigenvalue weighted by Crippen LogP contribution is 2.11. The SMILES string of the molecule is Cc1ccc(OCCCC(=O)NC(CO)CC(C)C)cc1. The van der Waals surface area contributed by atoms with Crippen molar-refractivity contribution in [1.82, 2.24) is 5.32 Å². The third-order valence-corrected chi connectivity index (χ3v) is 3.18. The van der Waals surface area contributed by atoms with Gasteiger partial charge in [-0.2, -0.15) is 0 Å². The molecule has 1 aromatic rings. The normalized spacial score (nSPS) is 12.2. The van der Waals surface area contributed by atoms with E-state index in [9.17, 15) is 9.90 Å². The predicted octanol–water partition coefficient (Wildman–Crippen LogP) is 2.68. The predicted molar refractivity (Wildman–Crippen MR) is 84.4 cm³/mol. The Hall–Kier alpha value is -1.55. The van der Waals surface area contributed by atoms with Gasteiger partial charge in [0, 0.05) is 6.42 Å². The van der Waals surface area contributed by atoms with Gasteiger partial charge in [0.2, 0.25) is 5.91 Å². The Labute approximate surface area is 127 Å². The molecule has 1 amide bonds. The van der Waals surface area contributed by atoms with Gasteiger partial charge in [0.25, 0.3) is 0 Å². The molecule has 1 rings (SSSR count). The fourth-order valence-corrected chi connectivity index (χ4v) is 2.11. The van der Waals surface area contributed by atoms with Gasteiger partial charge in [0.1, 0.15) is 5.75 Å². The summed E-state index contributed by atoms with van der Waals surface area (Å²) in [6.45, 7) is 6.69. The molecule has 0 heterocycles. The number of carbonyl (C=O) groups is 1. The van der Waals surface area contributed by atoms with Crippen molar-refractivity contribution in [2.75, 3.05) is 13.2 Å². The van der Waals surface area contributed by atoms with E-state index in [1.807, 2.05) is 31.2 Å². The van der Waals surface area contributed by atoms with Gasteiger partial charge in [-0.1, -0.05) is 31.5 Å². The summed E-state index contributed by atoms with van der Waals surface area (Å²) in [5, 5.41) is 12.1. The van der Waals surface area contributed by atoms with Crippen molar-refractivity contribution < 1.29 is 14.6 Å². The second-order valence-electron chi connectivity index (χ2n) is 5.84. The number of rotatable bonds is 9. The molecule has 4 heteroatoms. The molecule has 0 aliphatic rings. The minimum atomic E-state index is -0.143. The van der Waals surface area contributed by atoms with Crippen molar-refractivity contribution in [3.8, 4) is 5.75 Å².